The highest BCUT2D eigenvalue weighted by Crippen LogP contribution is 2.36. The molecule has 9 heteroatoms. The fraction of sp³-hybridized carbons (Fsp3) is 0.755. The van der Waals surface area contributed by atoms with Crippen molar-refractivity contribution in [3.8, 4) is 0 Å². The molecule has 2 N–H and O–H groups in total. The van der Waals surface area contributed by atoms with E-state index in [2.05, 4.69) is 79.1 Å². The van der Waals surface area contributed by atoms with Gasteiger partial charge >= 0.3 is 19.8 Å². The molecule has 0 aliphatic heterocycles. The molecule has 0 radical (unpaired) electrons. The third-order valence-corrected chi connectivity index (χ3v) is 10.5. The van der Waals surface area contributed by atoms with E-state index in [9.17, 15) is 14.2 Å². The summed E-state index contributed by atoms with van der Waals surface area (Å²) in [4.78, 5) is 42.9. The Morgan fingerprint density at radius 2 is 0.828 bits per heavy atom. The van der Waals surface area contributed by atoms with Gasteiger partial charge in [0, 0.05) is 12.8 Å². The SMILES string of the molecule is CCC/C=C/C/C=C/C/C=C/C/C=C/CCCCCC(=O)OC[C@H](COP(=O)(O)O)OC(=O)CCC/C=C/CCCCCCCCCCCCCCCCCCCC. The molecule has 0 aromatic rings. The molecule has 336 valence electrons. The third kappa shape index (κ3) is 46.4. The molecule has 0 aliphatic carbocycles. The van der Waals surface area contributed by atoms with Gasteiger partial charge in [-0.25, -0.2) is 4.57 Å². The maximum Gasteiger partial charge on any atom is 0.469 e. The van der Waals surface area contributed by atoms with Crippen molar-refractivity contribution < 1.29 is 37.9 Å². The van der Waals surface area contributed by atoms with Crippen LogP contribution in [0, 0.1) is 0 Å². The van der Waals surface area contributed by atoms with Crippen molar-refractivity contribution in [2.24, 2.45) is 0 Å². The van der Waals surface area contributed by atoms with Crippen molar-refractivity contribution >= 4 is 19.8 Å². The summed E-state index contributed by atoms with van der Waals surface area (Å²) in [6, 6.07) is 0. The van der Waals surface area contributed by atoms with E-state index in [0.717, 1.165) is 57.8 Å². The molecule has 0 bridgehead atoms. The molecule has 0 amide bonds. The Morgan fingerprint density at radius 1 is 0.448 bits per heavy atom. The number of carbonyl (C=O) groups excluding carboxylic acids is 2. The Bertz CT molecular complexity index is 1120. The van der Waals surface area contributed by atoms with Gasteiger partial charge in [-0.2, -0.15) is 0 Å². The fourth-order valence-corrected chi connectivity index (χ4v) is 6.85. The summed E-state index contributed by atoms with van der Waals surface area (Å²) in [5.74, 6) is -0.956. The minimum Gasteiger partial charge on any atom is -0.462 e. The second-order valence-electron chi connectivity index (χ2n) is 15.7. The van der Waals surface area contributed by atoms with E-state index >= 15 is 0 Å². The first-order chi connectivity index (χ1) is 28.3. The van der Waals surface area contributed by atoms with Crippen LogP contribution in [-0.4, -0.2) is 41.0 Å². The Balaban J connectivity index is 3.92. The van der Waals surface area contributed by atoms with Crippen LogP contribution in [0.25, 0.3) is 0 Å². The summed E-state index contributed by atoms with van der Waals surface area (Å²) < 4.78 is 26.4. The van der Waals surface area contributed by atoms with Gasteiger partial charge in [-0.05, 0) is 70.6 Å². The maximum atomic E-state index is 12.4. The van der Waals surface area contributed by atoms with Gasteiger partial charge in [0.2, 0.25) is 0 Å². The Labute approximate surface area is 356 Å². The zero-order valence-corrected chi connectivity index (χ0v) is 38.1. The normalized spacial score (nSPS) is 13.0. The molecule has 0 aromatic carbocycles. The van der Waals surface area contributed by atoms with Gasteiger partial charge in [0.05, 0.1) is 6.61 Å². The highest BCUT2D eigenvalue weighted by molar-refractivity contribution is 7.46. The van der Waals surface area contributed by atoms with Gasteiger partial charge in [0.1, 0.15) is 6.61 Å². The summed E-state index contributed by atoms with van der Waals surface area (Å²) in [6.07, 6.45) is 56.8. The number of hydrogen-bond acceptors (Lipinski definition) is 6. The number of hydrogen-bond donors (Lipinski definition) is 2. The smallest absolute Gasteiger partial charge is 0.462 e. The molecule has 0 rings (SSSR count). The lowest BCUT2D eigenvalue weighted by atomic mass is 10.0. The number of phosphoric acid groups is 1. The average molecular weight is 835 g/mol. The zero-order valence-electron chi connectivity index (χ0n) is 37.2. The van der Waals surface area contributed by atoms with Gasteiger partial charge in [0.25, 0.3) is 0 Å². The molecule has 0 aliphatic rings. The molecule has 0 unspecified atom stereocenters. The molecule has 0 saturated carbocycles. The maximum absolute atomic E-state index is 12.4. The molecular formula is C49H87O8P. The lowest BCUT2D eigenvalue weighted by Crippen LogP contribution is -2.29. The summed E-state index contributed by atoms with van der Waals surface area (Å²) in [5.41, 5.74) is 0. The molecule has 0 spiro atoms. The number of unbranched alkanes of at least 4 members (excludes halogenated alkanes) is 23. The van der Waals surface area contributed by atoms with E-state index < -0.39 is 32.5 Å². The summed E-state index contributed by atoms with van der Waals surface area (Å²) in [7, 11) is -4.77. The molecule has 1 atom stereocenters. The van der Waals surface area contributed by atoms with Crippen LogP contribution < -0.4 is 0 Å². The molecule has 0 saturated heterocycles. The van der Waals surface area contributed by atoms with Crippen LogP contribution >= 0.6 is 7.82 Å². The first-order valence-electron chi connectivity index (χ1n) is 23.6. The first kappa shape index (κ1) is 55.8. The molecule has 0 heterocycles. The van der Waals surface area contributed by atoms with E-state index in [1.54, 1.807) is 0 Å². The quantitative estimate of drug-likeness (QED) is 0.0270. The van der Waals surface area contributed by atoms with Crippen LogP contribution in [0.4, 0.5) is 0 Å². The predicted octanol–water partition coefficient (Wildman–Crippen LogP) is 14.9. The van der Waals surface area contributed by atoms with Crippen molar-refractivity contribution in [2.75, 3.05) is 13.2 Å². The zero-order chi connectivity index (χ0) is 42.5. The summed E-state index contributed by atoms with van der Waals surface area (Å²) in [5, 5.41) is 0. The Morgan fingerprint density at radius 3 is 1.29 bits per heavy atom. The Hall–Kier alpha value is -2.25. The predicted molar refractivity (Wildman–Crippen MR) is 244 cm³/mol. The number of ether oxygens (including phenoxy) is 2. The van der Waals surface area contributed by atoms with Gasteiger partial charge in [0.15, 0.2) is 6.10 Å². The first-order valence-corrected chi connectivity index (χ1v) is 25.1. The van der Waals surface area contributed by atoms with Crippen molar-refractivity contribution in [2.45, 2.75) is 225 Å². The number of carbonyl (C=O) groups is 2. The third-order valence-electron chi connectivity index (χ3n) is 9.99. The number of esters is 2. The number of phosphoric ester groups is 1. The van der Waals surface area contributed by atoms with E-state index in [1.165, 1.54) is 122 Å². The minimum atomic E-state index is -4.77. The molecule has 0 fully saturated rings. The van der Waals surface area contributed by atoms with E-state index in [4.69, 9.17) is 19.3 Å². The highest BCUT2D eigenvalue weighted by Gasteiger charge is 2.22. The summed E-state index contributed by atoms with van der Waals surface area (Å²) >= 11 is 0. The van der Waals surface area contributed by atoms with Crippen LogP contribution in [0.1, 0.15) is 219 Å². The molecule has 0 aromatic heterocycles. The fourth-order valence-electron chi connectivity index (χ4n) is 6.49. The van der Waals surface area contributed by atoms with Gasteiger partial charge < -0.3 is 19.3 Å². The van der Waals surface area contributed by atoms with Crippen molar-refractivity contribution in [3.05, 3.63) is 60.8 Å². The van der Waals surface area contributed by atoms with Crippen LogP contribution in [0.15, 0.2) is 60.8 Å². The highest BCUT2D eigenvalue weighted by atomic mass is 31.2. The van der Waals surface area contributed by atoms with Crippen LogP contribution in [0.5, 0.6) is 0 Å². The summed E-state index contributed by atoms with van der Waals surface area (Å²) in [6.45, 7) is 3.59. The largest absolute Gasteiger partial charge is 0.469 e. The van der Waals surface area contributed by atoms with Gasteiger partial charge in [-0.15, -0.1) is 0 Å². The lowest BCUT2D eigenvalue weighted by molar-refractivity contribution is -0.161. The monoisotopic (exact) mass is 835 g/mol. The van der Waals surface area contributed by atoms with E-state index in [-0.39, 0.29) is 19.4 Å². The van der Waals surface area contributed by atoms with Crippen molar-refractivity contribution in [1.29, 1.82) is 0 Å². The number of allylic oxidation sites excluding steroid dienone is 10. The molecule has 58 heavy (non-hydrogen) atoms. The minimum absolute atomic E-state index is 0.156. The average Bonchev–Trinajstić information content (AvgIpc) is 3.20. The van der Waals surface area contributed by atoms with Gasteiger partial charge in [-0.3, -0.25) is 14.1 Å². The second kappa shape index (κ2) is 44.3. The van der Waals surface area contributed by atoms with Crippen LogP contribution in [0.3, 0.4) is 0 Å². The van der Waals surface area contributed by atoms with E-state index in [1.807, 2.05) is 0 Å². The molecule has 8 nitrogen and oxygen atoms in total. The second-order valence-corrected chi connectivity index (χ2v) is 17.0. The van der Waals surface area contributed by atoms with Crippen LogP contribution in [-0.2, 0) is 28.2 Å². The lowest BCUT2D eigenvalue weighted by Gasteiger charge is -2.18. The van der Waals surface area contributed by atoms with Crippen molar-refractivity contribution in [3.63, 3.8) is 0 Å². The molecular weight excluding hydrogens is 748 g/mol. The van der Waals surface area contributed by atoms with Gasteiger partial charge in [-0.1, -0.05) is 197 Å². The van der Waals surface area contributed by atoms with Crippen molar-refractivity contribution in [1.82, 2.24) is 0 Å². The Kier molecular flexibility index (Phi) is 42.6. The topological polar surface area (TPSA) is 119 Å². The van der Waals surface area contributed by atoms with E-state index in [0.29, 0.717) is 12.8 Å². The standard InChI is InChI=1S/C49H87O8P/c1-3-5-7-9-11-13-15-17-19-21-22-23-24-25-26-28-30-32-34-36-38-40-42-44-49(51)57-47(46-56-58(52,53)54)45-55-48(50)43-41-39-37-35-33-31-29-27-20-18-16-14-12-10-8-6-4-2/h8,10,14,16,20,27,31,33,36,38,47H,3-7,9,11-13,15,17-19,21-26,28-30,32,34-35,37,39-46H2,1-2H3,(H2,52,53,54)/b10-8+,16-14+,27-20+,33-31+,38-36+/t47-/m1/s1. The van der Waals surface area contributed by atoms with Crippen LogP contribution in [0.2, 0.25) is 0 Å². The number of rotatable bonds is 43.